The van der Waals surface area contributed by atoms with Crippen LogP contribution in [0.5, 0.6) is 0 Å². The number of fused-ring (bicyclic) bond motifs is 7. The highest BCUT2D eigenvalue weighted by molar-refractivity contribution is 5.95. The molecule has 0 unspecified atom stereocenters. The van der Waals surface area contributed by atoms with E-state index in [1.54, 1.807) is 0 Å². The van der Waals surface area contributed by atoms with E-state index in [9.17, 15) is 0 Å². The molecule has 0 aromatic heterocycles. The second kappa shape index (κ2) is 14.4. The maximum Gasteiger partial charge on any atom is 0.0544 e. The van der Waals surface area contributed by atoms with E-state index >= 15 is 0 Å². The third kappa shape index (κ3) is 6.00. The van der Waals surface area contributed by atoms with Crippen LogP contribution < -0.4 is 9.80 Å². The van der Waals surface area contributed by atoms with E-state index < -0.39 is 0 Å². The van der Waals surface area contributed by atoms with Gasteiger partial charge in [0, 0.05) is 33.3 Å². The van der Waals surface area contributed by atoms with Crippen LogP contribution in [0.4, 0.5) is 34.1 Å². The molecule has 0 radical (unpaired) electrons. The zero-order valence-electron chi connectivity index (χ0n) is 38.3. The normalized spacial score (nSPS) is 16.6. The van der Waals surface area contributed by atoms with Crippen LogP contribution in [0.3, 0.4) is 0 Å². The van der Waals surface area contributed by atoms with Gasteiger partial charge < -0.3 is 9.80 Å². The Kier molecular flexibility index (Phi) is 8.75. The fraction of sp³-hybridized carbons (Fsp3) is 0.175. The third-order valence-corrected chi connectivity index (χ3v) is 15.3. The summed E-state index contributed by atoms with van der Waals surface area (Å²) in [5.41, 5.74) is 25.5. The van der Waals surface area contributed by atoms with E-state index in [0.717, 1.165) is 24.2 Å². The summed E-state index contributed by atoms with van der Waals surface area (Å²) in [6, 6.07) is 68.1. The van der Waals surface area contributed by atoms with Crippen molar-refractivity contribution in [3.8, 4) is 33.4 Å². The highest BCUT2D eigenvalue weighted by Crippen LogP contribution is 2.61. The van der Waals surface area contributed by atoms with Gasteiger partial charge in [0.15, 0.2) is 0 Å². The standard InChI is InChI=1S/C63H54N2/c1-61(2)52-19-11-10-18-50(52)51-37-36-49(40-55(51)61)64(47-32-28-43(29-33-47)41-16-8-7-9-17-41)48-34-30-44(31-35-48)42-24-26-45(27-25-42)46-38-56-60-57(39-46)63(5,6)54-21-13-15-23-59(54)65(60)58-22-14-12-20-53(58)62(56,3)4/h7-9,12-40H,10-11H2,1-6H3. The molecule has 0 atom stereocenters. The minimum absolute atomic E-state index is 0.0454. The smallest absolute Gasteiger partial charge is 0.0544 e. The van der Waals surface area contributed by atoms with Crippen LogP contribution in [0.25, 0.3) is 39.0 Å². The largest absolute Gasteiger partial charge is 0.310 e. The lowest BCUT2D eigenvalue weighted by molar-refractivity contribution is 0.598. The summed E-state index contributed by atoms with van der Waals surface area (Å²) >= 11 is 0. The number of benzene rings is 8. The summed E-state index contributed by atoms with van der Waals surface area (Å²) in [6.07, 6.45) is 7.15. The minimum Gasteiger partial charge on any atom is -0.310 e. The van der Waals surface area contributed by atoms with E-state index in [0.29, 0.717) is 0 Å². The number of rotatable bonds is 6. The molecular weight excluding hydrogens is 785 g/mol. The lowest BCUT2D eigenvalue weighted by Crippen LogP contribution is -2.38. The Labute approximate surface area is 384 Å². The first kappa shape index (κ1) is 39.4. The number of nitrogens with zero attached hydrogens (tertiary/aromatic N) is 2. The van der Waals surface area contributed by atoms with Crippen molar-refractivity contribution in [3.63, 3.8) is 0 Å². The Bertz CT molecular complexity index is 3170. The molecule has 2 heterocycles. The van der Waals surface area contributed by atoms with Gasteiger partial charge in [0.1, 0.15) is 0 Å². The van der Waals surface area contributed by atoms with Gasteiger partial charge in [-0.1, -0.05) is 175 Å². The van der Waals surface area contributed by atoms with Gasteiger partial charge in [-0.25, -0.2) is 0 Å². The van der Waals surface area contributed by atoms with Gasteiger partial charge in [-0.05, 0) is 151 Å². The number of allylic oxidation sites excluding steroid dienone is 4. The Hall–Kier alpha value is -7.16. The molecule has 8 aromatic carbocycles. The molecule has 65 heavy (non-hydrogen) atoms. The van der Waals surface area contributed by atoms with Crippen molar-refractivity contribution in [1.82, 2.24) is 0 Å². The molecule has 8 aromatic rings. The summed E-state index contributed by atoms with van der Waals surface area (Å²) in [5, 5.41) is 0. The summed E-state index contributed by atoms with van der Waals surface area (Å²) in [5.74, 6) is 0. The predicted octanol–water partition coefficient (Wildman–Crippen LogP) is 17.3. The SMILES string of the molecule is CC1(C)C2=CCCC=C2c2ccc(N(c3ccc(-c4ccccc4)cc3)c3ccc(-c4ccc(-c5cc6c7c(c5)C(C)(C)c5ccccc5N7c5ccccc5C6(C)C)cc4)cc3)cc21. The van der Waals surface area contributed by atoms with Crippen molar-refractivity contribution in [2.24, 2.45) is 0 Å². The van der Waals surface area contributed by atoms with Gasteiger partial charge in [-0.2, -0.15) is 0 Å². The maximum atomic E-state index is 2.54. The highest BCUT2D eigenvalue weighted by Gasteiger charge is 2.45. The molecule has 2 aliphatic heterocycles. The van der Waals surface area contributed by atoms with E-state index in [-0.39, 0.29) is 16.2 Å². The molecule has 2 aliphatic carbocycles. The van der Waals surface area contributed by atoms with Crippen LogP contribution in [0, 0.1) is 0 Å². The van der Waals surface area contributed by atoms with E-state index in [1.165, 1.54) is 101 Å². The van der Waals surface area contributed by atoms with Crippen molar-refractivity contribution >= 4 is 39.7 Å². The molecule has 316 valence electrons. The zero-order chi connectivity index (χ0) is 44.2. The summed E-state index contributed by atoms with van der Waals surface area (Å²) in [6.45, 7) is 14.4. The molecule has 4 aliphatic rings. The van der Waals surface area contributed by atoms with Crippen molar-refractivity contribution in [1.29, 1.82) is 0 Å². The Morgan fingerprint density at radius 1 is 0.369 bits per heavy atom. The fourth-order valence-electron chi connectivity index (χ4n) is 11.7. The first-order valence-corrected chi connectivity index (χ1v) is 23.4. The van der Waals surface area contributed by atoms with Gasteiger partial charge in [0.2, 0.25) is 0 Å². The summed E-state index contributed by atoms with van der Waals surface area (Å²) in [4.78, 5) is 4.96. The van der Waals surface area contributed by atoms with Crippen molar-refractivity contribution in [3.05, 3.63) is 233 Å². The number of para-hydroxylation sites is 2. The van der Waals surface area contributed by atoms with E-state index in [1.807, 2.05) is 0 Å². The molecule has 0 bridgehead atoms. The van der Waals surface area contributed by atoms with Crippen LogP contribution in [0.2, 0.25) is 0 Å². The average Bonchev–Trinajstić information content (AvgIpc) is 3.57. The molecule has 0 spiro atoms. The van der Waals surface area contributed by atoms with Crippen LogP contribution in [0.15, 0.2) is 200 Å². The van der Waals surface area contributed by atoms with Crippen LogP contribution in [-0.4, -0.2) is 0 Å². The molecule has 0 saturated carbocycles. The number of hydrogen-bond donors (Lipinski definition) is 0. The molecule has 0 amide bonds. The van der Waals surface area contributed by atoms with Gasteiger partial charge in [-0.15, -0.1) is 0 Å². The zero-order valence-corrected chi connectivity index (χ0v) is 38.3. The third-order valence-electron chi connectivity index (χ3n) is 15.3. The quantitative estimate of drug-likeness (QED) is 0.165. The first-order valence-electron chi connectivity index (χ1n) is 23.4. The summed E-state index contributed by atoms with van der Waals surface area (Å²) in [7, 11) is 0. The fourth-order valence-corrected chi connectivity index (χ4v) is 11.7. The lowest BCUT2D eigenvalue weighted by Gasteiger charge is -2.49. The van der Waals surface area contributed by atoms with Crippen molar-refractivity contribution in [2.75, 3.05) is 9.80 Å². The second-order valence-electron chi connectivity index (χ2n) is 20.1. The van der Waals surface area contributed by atoms with Gasteiger partial charge in [0.25, 0.3) is 0 Å². The van der Waals surface area contributed by atoms with Gasteiger partial charge >= 0.3 is 0 Å². The van der Waals surface area contributed by atoms with Crippen LogP contribution in [-0.2, 0) is 16.2 Å². The second-order valence-corrected chi connectivity index (χ2v) is 20.1. The molecule has 12 rings (SSSR count). The van der Waals surface area contributed by atoms with Crippen molar-refractivity contribution < 1.29 is 0 Å². The van der Waals surface area contributed by atoms with E-state index in [4.69, 9.17) is 0 Å². The molecule has 0 N–H and O–H groups in total. The molecule has 2 nitrogen and oxygen atoms in total. The molecule has 0 saturated heterocycles. The Balaban J connectivity index is 0.908. The minimum atomic E-state index is -0.168. The highest BCUT2D eigenvalue weighted by atomic mass is 15.2. The monoisotopic (exact) mass is 838 g/mol. The predicted molar refractivity (Wildman–Crippen MR) is 275 cm³/mol. The Morgan fingerprint density at radius 2 is 0.815 bits per heavy atom. The number of anilines is 6. The Morgan fingerprint density at radius 3 is 1.37 bits per heavy atom. The van der Waals surface area contributed by atoms with Gasteiger partial charge in [0.05, 0.1) is 17.1 Å². The molecular formula is C63H54N2. The van der Waals surface area contributed by atoms with Crippen LogP contribution in [0.1, 0.15) is 87.8 Å². The van der Waals surface area contributed by atoms with Crippen molar-refractivity contribution in [2.45, 2.75) is 70.6 Å². The van der Waals surface area contributed by atoms with E-state index in [2.05, 4.69) is 245 Å². The lowest BCUT2D eigenvalue weighted by atomic mass is 9.65. The number of hydrogen-bond acceptors (Lipinski definition) is 2. The first-order chi connectivity index (χ1) is 31.5. The molecule has 0 fully saturated rings. The molecule has 2 heteroatoms. The van der Waals surface area contributed by atoms with Gasteiger partial charge in [-0.3, -0.25) is 0 Å². The van der Waals surface area contributed by atoms with Crippen LogP contribution >= 0.6 is 0 Å². The topological polar surface area (TPSA) is 6.48 Å². The summed E-state index contributed by atoms with van der Waals surface area (Å²) < 4.78 is 0. The average molecular weight is 839 g/mol. The maximum absolute atomic E-state index is 2.54.